The van der Waals surface area contributed by atoms with Gasteiger partial charge in [-0.1, -0.05) is 50.3 Å². The number of aromatic hydroxyl groups is 1. The first-order valence-corrected chi connectivity index (χ1v) is 15.7. The van der Waals surface area contributed by atoms with E-state index in [9.17, 15) is 45.6 Å². The van der Waals surface area contributed by atoms with Gasteiger partial charge in [-0.15, -0.1) is 0 Å². The number of aliphatic hydroxyl groups is 7. The molecule has 254 valence electrons. The van der Waals surface area contributed by atoms with E-state index >= 15 is 0 Å². The third kappa shape index (κ3) is 4.82. The molecule has 46 heavy (non-hydrogen) atoms. The summed E-state index contributed by atoms with van der Waals surface area (Å²) in [5.74, 6) is -1.88. The molecule has 5 rings (SSSR count). The second-order valence-corrected chi connectivity index (χ2v) is 14.7. The number of allylic oxidation sites excluding steroid dienone is 3. The van der Waals surface area contributed by atoms with Crippen LogP contribution in [0.3, 0.4) is 0 Å². The number of ether oxygens (including phenoxy) is 2. The van der Waals surface area contributed by atoms with Crippen molar-refractivity contribution in [1.29, 1.82) is 0 Å². The van der Waals surface area contributed by atoms with Crippen LogP contribution in [0.15, 0.2) is 36.4 Å². The lowest BCUT2D eigenvalue weighted by Crippen LogP contribution is -2.63. The van der Waals surface area contributed by atoms with Crippen molar-refractivity contribution in [3.05, 3.63) is 53.1 Å². The van der Waals surface area contributed by atoms with E-state index < -0.39 is 83.2 Å². The number of fused-ring (bicyclic) bond motifs is 5. The van der Waals surface area contributed by atoms with Gasteiger partial charge in [-0.25, -0.2) is 0 Å². The summed E-state index contributed by atoms with van der Waals surface area (Å²) in [6.07, 6.45) is -3.07. The Morgan fingerprint density at radius 2 is 1.83 bits per heavy atom. The fourth-order valence-corrected chi connectivity index (χ4v) is 9.09. The highest BCUT2D eigenvalue weighted by molar-refractivity contribution is 5.95. The molecule has 1 unspecified atom stereocenters. The molecule has 0 aromatic heterocycles. The molecule has 0 spiro atoms. The maximum Gasteiger partial charge on any atom is 0.229 e. The molecule has 11 nitrogen and oxygen atoms in total. The molecule has 3 fully saturated rings. The van der Waals surface area contributed by atoms with Crippen molar-refractivity contribution in [3.8, 4) is 11.5 Å². The quantitative estimate of drug-likeness (QED) is 0.200. The molecule has 1 heterocycles. The third-order valence-electron chi connectivity index (χ3n) is 11.9. The zero-order valence-corrected chi connectivity index (χ0v) is 27.2. The molecule has 0 radical (unpaired) electrons. The van der Waals surface area contributed by atoms with Gasteiger partial charge in [0.1, 0.15) is 36.3 Å². The van der Waals surface area contributed by atoms with E-state index in [1.165, 1.54) is 19.1 Å². The lowest BCUT2D eigenvalue weighted by Gasteiger charge is -2.60. The first kappa shape index (κ1) is 34.7. The highest BCUT2D eigenvalue weighted by Gasteiger charge is 2.72. The number of ketones is 1. The van der Waals surface area contributed by atoms with E-state index in [1.54, 1.807) is 19.9 Å². The minimum atomic E-state index is -1.78. The second-order valence-electron chi connectivity index (χ2n) is 14.7. The van der Waals surface area contributed by atoms with Gasteiger partial charge in [0.15, 0.2) is 11.5 Å². The topological polar surface area (TPSA) is 197 Å². The van der Waals surface area contributed by atoms with Crippen LogP contribution in [0.25, 0.3) is 6.08 Å². The van der Waals surface area contributed by atoms with Crippen molar-refractivity contribution in [2.45, 2.75) is 108 Å². The van der Waals surface area contributed by atoms with Gasteiger partial charge in [-0.3, -0.25) is 4.79 Å². The summed E-state index contributed by atoms with van der Waals surface area (Å²) in [6, 6.07) is 1.52. The molecule has 3 aliphatic carbocycles. The van der Waals surface area contributed by atoms with Crippen LogP contribution in [-0.4, -0.2) is 102 Å². The van der Waals surface area contributed by atoms with Crippen LogP contribution in [0.2, 0.25) is 0 Å². The van der Waals surface area contributed by atoms with Crippen LogP contribution in [0.1, 0.15) is 64.2 Å². The zero-order chi connectivity index (χ0) is 34.3. The Morgan fingerprint density at radius 3 is 2.43 bits per heavy atom. The largest absolute Gasteiger partial charge is 0.504 e. The molecule has 0 bridgehead atoms. The predicted octanol–water partition coefficient (Wildman–Crippen LogP) is 1.39. The van der Waals surface area contributed by atoms with E-state index in [-0.39, 0.29) is 30.1 Å². The number of phenols is 1. The van der Waals surface area contributed by atoms with E-state index in [0.717, 1.165) is 0 Å². The summed E-state index contributed by atoms with van der Waals surface area (Å²) >= 11 is 0. The normalized spacial score (nSPS) is 42.2. The number of Topliss-reactive ketones (excluding diaryl/α,β-unsaturated/α-hetero) is 1. The molecule has 1 aliphatic heterocycles. The second kappa shape index (κ2) is 11.5. The lowest BCUT2D eigenvalue weighted by atomic mass is 9.42. The van der Waals surface area contributed by atoms with Gasteiger partial charge >= 0.3 is 0 Å². The summed E-state index contributed by atoms with van der Waals surface area (Å²) < 4.78 is 11.4. The van der Waals surface area contributed by atoms with Crippen molar-refractivity contribution in [1.82, 2.24) is 0 Å². The van der Waals surface area contributed by atoms with Crippen LogP contribution >= 0.6 is 0 Å². The molecule has 8 N–H and O–H groups in total. The summed E-state index contributed by atoms with van der Waals surface area (Å²) in [5, 5.41) is 86.2. The minimum Gasteiger partial charge on any atom is -0.504 e. The Hall–Kier alpha value is -2.61. The highest BCUT2D eigenvalue weighted by Crippen LogP contribution is 2.71. The van der Waals surface area contributed by atoms with Gasteiger partial charge in [-0.05, 0) is 68.1 Å². The van der Waals surface area contributed by atoms with Gasteiger partial charge in [0.2, 0.25) is 6.29 Å². The highest BCUT2D eigenvalue weighted by atomic mass is 16.7. The molecule has 4 aliphatic rings. The lowest BCUT2D eigenvalue weighted by molar-refractivity contribution is -0.277. The van der Waals surface area contributed by atoms with E-state index in [4.69, 9.17) is 9.47 Å². The first-order chi connectivity index (χ1) is 21.3. The predicted molar refractivity (Wildman–Crippen MR) is 168 cm³/mol. The van der Waals surface area contributed by atoms with Gasteiger partial charge < -0.3 is 50.3 Å². The molecule has 1 aromatic rings. The minimum absolute atomic E-state index is 0.0125. The average molecular weight is 645 g/mol. The zero-order valence-electron chi connectivity index (χ0n) is 27.2. The molecular weight excluding hydrogens is 596 g/mol. The smallest absolute Gasteiger partial charge is 0.229 e. The standard InChI is InChI=1S/C35H48O11/c1-16(2)8-11-24(38)35(7,44)30-20(37)13-32(4)23-10-9-18-17(3)26(40)21(12-19(18)34(23,6)25(39)14-33(30,32)5)45-31-29(43)28(42)27(41)22(15-36)46-31/h8-12,20,22-24,27-31,36-38,40-44H,1,13-15H2,2-7H3/b11-8+/t20-,22-,23+,24?,27-,28+,29-,30+,31-,32+,33-,34+,35+/m1/s1. The summed E-state index contributed by atoms with van der Waals surface area (Å²) in [5.41, 5.74) is -2.36. The Balaban J connectivity index is 1.56. The number of phenolic OH excluding ortho intramolecular Hbond substituents is 1. The number of hydrogen-bond donors (Lipinski definition) is 8. The summed E-state index contributed by atoms with van der Waals surface area (Å²) in [4.78, 5) is 14.5. The molecule has 1 saturated heterocycles. The van der Waals surface area contributed by atoms with Crippen molar-refractivity contribution in [2.24, 2.45) is 22.7 Å². The van der Waals surface area contributed by atoms with Crippen LogP contribution < -0.4 is 4.74 Å². The molecule has 0 amide bonds. The van der Waals surface area contributed by atoms with Gasteiger partial charge in [0.05, 0.1) is 23.7 Å². The van der Waals surface area contributed by atoms with Gasteiger partial charge in [0, 0.05) is 17.9 Å². The molecular formula is C35H48O11. The van der Waals surface area contributed by atoms with Gasteiger partial charge in [-0.2, -0.15) is 0 Å². The number of aliphatic hydroxyl groups excluding tert-OH is 6. The monoisotopic (exact) mass is 644 g/mol. The maximum absolute atomic E-state index is 14.5. The van der Waals surface area contributed by atoms with Crippen molar-refractivity contribution in [2.75, 3.05) is 6.61 Å². The van der Waals surface area contributed by atoms with Crippen molar-refractivity contribution in [3.63, 3.8) is 0 Å². The number of hydrogen-bond acceptors (Lipinski definition) is 11. The Bertz CT molecular complexity index is 1460. The Kier molecular flexibility index (Phi) is 8.70. The first-order valence-electron chi connectivity index (χ1n) is 15.7. The van der Waals surface area contributed by atoms with Crippen molar-refractivity contribution >= 4 is 11.9 Å². The average Bonchev–Trinajstić information content (AvgIpc) is 3.19. The Morgan fingerprint density at radius 1 is 1.17 bits per heavy atom. The van der Waals surface area contributed by atoms with Crippen LogP contribution in [0.4, 0.5) is 0 Å². The third-order valence-corrected chi connectivity index (χ3v) is 11.9. The summed E-state index contributed by atoms with van der Waals surface area (Å²) in [7, 11) is 0. The molecule has 11 heteroatoms. The SMILES string of the molecule is C=C(C)/C=C/C(O)[C@](C)(O)[C@H]1[C@H](O)C[C@@]2(C)[C@@H]3C=Cc4c(cc(O[C@@H]5O[C@H](CO)[C@@H](O)[C@H](O)[C@H]5O)c(O)c4C)[C@]3(C)C(=O)C[C@]12C. The molecule has 1 aromatic carbocycles. The fraction of sp³-hybridized carbons (Fsp3) is 0.629. The van der Waals surface area contributed by atoms with Crippen molar-refractivity contribution < 1.29 is 55.1 Å². The van der Waals surface area contributed by atoms with Gasteiger partial charge in [0.25, 0.3) is 0 Å². The maximum atomic E-state index is 14.5. The van der Waals surface area contributed by atoms with Crippen LogP contribution in [-0.2, 0) is 14.9 Å². The van der Waals surface area contributed by atoms with E-state index in [1.807, 2.05) is 32.9 Å². The number of carbonyl (C=O) groups excluding carboxylic acids is 1. The van der Waals surface area contributed by atoms with E-state index in [2.05, 4.69) is 6.58 Å². The summed E-state index contributed by atoms with van der Waals surface area (Å²) in [6.45, 7) is 13.8. The van der Waals surface area contributed by atoms with Crippen LogP contribution in [0, 0.1) is 29.6 Å². The molecule has 2 saturated carbocycles. The molecule has 13 atom stereocenters. The number of benzene rings is 1. The van der Waals surface area contributed by atoms with E-state index in [0.29, 0.717) is 22.3 Å². The number of carbonyl (C=O) groups is 1. The fourth-order valence-electron chi connectivity index (χ4n) is 9.09. The van der Waals surface area contributed by atoms with Crippen LogP contribution in [0.5, 0.6) is 11.5 Å². The Labute approximate surface area is 269 Å². The number of rotatable bonds is 7.